The van der Waals surface area contributed by atoms with Gasteiger partial charge in [-0.15, -0.1) is 0 Å². The lowest BCUT2D eigenvalue weighted by molar-refractivity contribution is 0.0283. The highest BCUT2D eigenvalue weighted by atomic mass is 16.3. The van der Waals surface area contributed by atoms with E-state index in [0.29, 0.717) is 23.7 Å². The van der Waals surface area contributed by atoms with E-state index in [-0.39, 0.29) is 5.92 Å². The maximum atomic E-state index is 10.4. The summed E-state index contributed by atoms with van der Waals surface area (Å²) in [6.07, 6.45) is 13.4. The van der Waals surface area contributed by atoms with E-state index < -0.39 is 17.8 Å². The van der Waals surface area contributed by atoms with Crippen molar-refractivity contribution in [3.8, 4) is 0 Å². The highest BCUT2D eigenvalue weighted by molar-refractivity contribution is 5.39. The minimum absolute atomic E-state index is 0.149. The molecule has 0 radical (unpaired) electrons. The third-order valence-corrected chi connectivity index (χ3v) is 8.97. The van der Waals surface area contributed by atoms with Crippen LogP contribution >= 0.6 is 0 Å². The van der Waals surface area contributed by atoms with Gasteiger partial charge in [-0.1, -0.05) is 57.9 Å². The molecule has 0 unspecified atom stereocenters. The molecule has 3 fully saturated rings. The van der Waals surface area contributed by atoms with Crippen LogP contribution in [0, 0.1) is 29.1 Å². The molecule has 0 aliphatic heterocycles. The van der Waals surface area contributed by atoms with Crippen LogP contribution in [0.25, 0.3) is 0 Å². The van der Waals surface area contributed by atoms with Crippen molar-refractivity contribution in [2.24, 2.45) is 29.1 Å². The maximum absolute atomic E-state index is 10.4. The van der Waals surface area contributed by atoms with Gasteiger partial charge in [0.05, 0.1) is 17.8 Å². The maximum Gasteiger partial charge on any atom is 0.0837 e. The second-order valence-electron chi connectivity index (χ2n) is 11.8. The summed E-state index contributed by atoms with van der Waals surface area (Å²) in [6, 6.07) is 0. The summed E-state index contributed by atoms with van der Waals surface area (Å²) >= 11 is 0. The van der Waals surface area contributed by atoms with Crippen molar-refractivity contribution in [2.75, 3.05) is 0 Å². The lowest BCUT2D eigenvalue weighted by Crippen LogP contribution is -2.36. The van der Waals surface area contributed by atoms with E-state index in [9.17, 15) is 15.3 Å². The van der Waals surface area contributed by atoms with Crippen molar-refractivity contribution >= 4 is 0 Å². The summed E-state index contributed by atoms with van der Waals surface area (Å²) in [5.41, 5.74) is 3.15. The highest BCUT2D eigenvalue weighted by Crippen LogP contribution is 2.60. The Hall–Kier alpha value is -0.900. The molecule has 0 saturated heterocycles. The lowest BCUT2D eigenvalue weighted by atomic mass is 9.60. The Morgan fingerprint density at radius 1 is 1.23 bits per heavy atom. The topological polar surface area (TPSA) is 60.7 Å². The zero-order valence-electron chi connectivity index (χ0n) is 20.5. The quantitative estimate of drug-likeness (QED) is 0.488. The second-order valence-corrected chi connectivity index (χ2v) is 11.8. The average Bonchev–Trinajstić information content (AvgIpc) is 3.04. The van der Waals surface area contributed by atoms with Crippen molar-refractivity contribution in [3.63, 3.8) is 0 Å². The van der Waals surface area contributed by atoms with Gasteiger partial charge in [-0.05, 0) is 93.1 Å². The Balaban J connectivity index is 1.71. The highest BCUT2D eigenvalue weighted by Gasteiger charge is 2.50. The predicted octanol–water partition coefficient (Wildman–Crippen LogP) is 5.95. The number of allylic oxidation sites excluding steroid dienone is 3. The predicted molar refractivity (Wildman–Crippen MR) is 129 cm³/mol. The molecule has 0 amide bonds. The molecule has 0 aromatic carbocycles. The summed E-state index contributed by atoms with van der Waals surface area (Å²) in [6.45, 7) is 14.8. The zero-order chi connectivity index (χ0) is 23.0. The number of fused-ring (bicyclic) bond motifs is 1. The lowest BCUT2D eigenvalue weighted by Gasteiger charge is -2.44. The van der Waals surface area contributed by atoms with Crippen molar-refractivity contribution < 1.29 is 15.3 Å². The molecular weight excluding hydrogens is 384 g/mol. The largest absolute Gasteiger partial charge is 0.392 e. The van der Waals surface area contributed by atoms with E-state index in [1.54, 1.807) is 5.57 Å². The summed E-state index contributed by atoms with van der Waals surface area (Å²) < 4.78 is 0. The fourth-order valence-corrected chi connectivity index (χ4v) is 6.91. The SMILES string of the molecule is C=C1/C(=C/C=C2\CCC[C@]3(C)[C@@H]([C@@H](C)CCCC(C)(C)O)CC[C@@H]23)C[C@@H](O)[C@@H](C)[C@@H]1O. The van der Waals surface area contributed by atoms with Crippen LogP contribution in [0.15, 0.2) is 35.5 Å². The van der Waals surface area contributed by atoms with Crippen LogP contribution in [-0.4, -0.2) is 33.1 Å². The number of aliphatic hydroxyl groups is 3. The van der Waals surface area contributed by atoms with E-state index in [1.807, 2.05) is 20.8 Å². The zero-order valence-corrected chi connectivity index (χ0v) is 20.5. The van der Waals surface area contributed by atoms with Crippen LogP contribution in [0.3, 0.4) is 0 Å². The normalized spacial score (nSPS) is 40.4. The fourth-order valence-electron chi connectivity index (χ4n) is 6.91. The van der Waals surface area contributed by atoms with E-state index in [0.717, 1.165) is 36.3 Å². The molecule has 0 heterocycles. The van der Waals surface area contributed by atoms with Gasteiger partial charge >= 0.3 is 0 Å². The third kappa shape index (κ3) is 5.37. The summed E-state index contributed by atoms with van der Waals surface area (Å²) in [5.74, 6) is 1.94. The molecule has 176 valence electrons. The first-order chi connectivity index (χ1) is 14.4. The molecular formula is C28H46O3. The molecule has 0 aromatic rings. The van der Waals surface area contributed by atoms with E-state index in [1.165, 1.54) is 32.1 Å². The molecule has 3 aliphatic rings. The van der Waals surface area contributed by atoms with Gasteiger partial charge in [0.25, 0.3) is 0 Å². The van der Waals surface area contributed by atoms with E-state index in [2.05, 4.69) is 32.6 Å². The van der Waals surface area contributed by atoms with Gasteiger partial charge in [-0.25, -0.2) is 0 Å². The van der Waals surface area contributed by atoms with E-state index >= 15 is 0 Å². The molecule has 0 aromatic heterocycles. The monoisotopic (exact) mass is 430 g/mol. The van der Waals surface area contributed by atoms with Gasteiger partial charge in [-0.3, -0.25) is 0 Å². The molecule has 3 saturated carbocycles. The summed E-state index contributed by atoms with van der Waals surface area (Å²) in [7, 11) is 0. The van der Waals surface area contributed by atoms with Crippen LogP contribution in [0.5, 0.6) is 0 Å². The second kappa shape index (κ2) is 9.53. The molecule has 3 rings (SSSR count). The molecule has 3 N–H and O–H groups in total. The molecule has 3 nitrogen and oxygen atoms in total. The van der Waals surface area contributed by atoms with Crippen LogP contribution in [-0.2, 0) is 0 Å². The molecule has 3 aliphatic carbocycles. The minimum atomic E-state index is -0.648. The van der Waals surface area contributed by atoms with Crippen molar-refractivity contribution in [2.45, 2.75) is 110 Å². The Morgan fingerprint density at radius 3 is 2.61 bits per heavy atom. The Morgan fingerprint density at radius 2 is 1.94 bits per heavy atom. The molecule has 0 bridgehead atoms. The average molecular weight is 431 g/mol. The first-order valence-electron chi connectivity index (χ1n) is 12.6. The Bertz CT molecular complexity index is 712. The van der Waals surface area contributed by atoms with Gasteiger partial charge < -0.3 is 15.3 Å². The van der Waals surface area contributed by atoms with Crippen LogP contribution in [0.1, 0.15) is 92.4 Å². The fraction of sp³-hybridized carbons (Fsp3) is 0.786. The first-order valence-corrected chi connectivity index (χ1v) is 12.6. The number of hydrogen-bond acceptors (Lipinski definition) is 3. The van der Waals surface area contributed by atoms with Gasteiger partial charge in [0.1, 0.15) is 0 Å². The summed E-state index contributed by atoms with van der Waals surface area (Å²) in [5, 5.41) is 30.7. The number of aliphatic hydroxyl groups excluding tert-OH is 2. The standard InChI is InChI=1S/C28H46O3/c1-18(9-7-15-27(4,5)31)23-13-14-24-21(10-8-16-28(23,24)6)11-12-22-17-25(29)20(3)26(30)19(22)2/h11-12,18,20,23-26,29-31H,2,7-10,13-17H2,1,3-6H3/b21-11+,22-12+/t18-,20+,23+,24-,25+,26+,28+/m0/s1. The van der Waals surface area contributed by atoms with Gasteiger partial charge in [0.15, 0.2) is 0 Å². The van der Waals surface area contributed by atoms with Crippen LogP contribution in [0.4, 0.5) is 0 Å². The first kappa shape index (κ1) is 24.7. The molecule has 3 heteroatoms. The van der Waals surface area contributed by atoms with Crippen LogP contribution in [0.2, 0.25) is 0 Å². The minimum Gasteiger partial charge on any atom is -0.392 e. The van der Waals surface area contributed by atoms with E-state index in [4.69, 9.17) is 0 Å². The molecule has 31 heavy (non-hydrogen) atoms. The smallest absolute Gasteiger partial charge is 0.0837 e. The number of rotatable bonds is 6. The van der Waals surface area contributed by atoms with Crippen molar-refractivity contribution in [1.82, 2.24) is 0 Å². The van der Waals surface area contributed by atoms with Crippen LogP contribution < -0.4 is 0 Å². The van der Waals surface area contributed by atoms with Gasteiger partial charge in [0.2, 0.25) is 0 Å². The van der Waals surface area contributed by atoms with Gasteiger partial charge in [-0.2, -0.15) is 0 Å². The molecule has 0 spiro atoms. The summed E-state index contributed by atoms with van der Waals surface area (Å²) in [4.78, 5) is 0. The van der Waals surface area contributed by atoms with Gasteiger partial charge in [0, 0.05) is 5.92 Å². The Kier molecular flexibility index (Phi) is 7.61. The third-order valence-electron chi connectivity index (χ3n) is 8.97. The Labute approximate surface area is 190 Å². The van der Waals surface area contributed by atoms with Crippen molar-refractivity contribution in [3.05, 3.63) is 35.5 Å². The van der Waals surface area contributed by atoms with Crippen molar-refractivity contribution in [1.29, 1.82) is 0 Å². The number of hydrogen-bond donors (Lipinski definition) is 3. The molecule has 7 atom stereocenters.